The number of carbonyl (C=O) groups excluding carboxylic acids is 2. The van der Waals surface area contributed by atoms with Gasteiger partial charge in [-0.05, 0) is 19.1 Å². The number of furan rings is 1. The van der Waals surface area contributed by atoms with Crippen molar-refractivity contribution in [2.45, 2.75) is 16.8 Å². The fourth-order valence-corrected chi connectivity index (χ4v) is 1.53. The zero-order valence-electron chi connectivity index (χ0n) is 10.7. The maximum absolute atomic E-state index is 11.7. The van der Waals surface area contributed by atoms with Gasteiger partial charge in [0.15, 0.2) is 6.04 Å². The van der Waals surface area contributed by atoms with Gasteiger partial charge in [-0.1, -0.05) is 34.8 Å². The van der Waals surface area contributed by atoms with E-state index in [1.807, 2.05) is 0 Å². The van der Waals surface area contributed by atoms with Crippen LogP contribution in [0.4, 0.5) is 0 Å². The Morgan fingerprint density at radius 3 is 2.62 bits per heavy atom. The lowest BCUT2D eigenvalue weighted by Crippen LogP contribution is -2.43. The number of esters is 1. The minimum absolute atomic E-state index is 0.0428. The number of hydrogen-bond acceptors (Lipinski definition) is 4. The first-order chi connectivity index (χ1) is 9.81. The average molecular weight is 355 g/mol. The predicted molar refractivity (Wildman–Crippen MR) is 75.1 cm³/mol. The van der Waals surface area contributed by atoms with Crippen LogP contribution in [-0.4, -0.2) is 32.8 Å². The van der Waals surface area contributed by atoms with E-state index >= 15 is 0 Å². The van der Waals surface area contributed by atoms with Crippen LogP contribution in [-0.2, 0) is 14.3 Å². The summed E-state index contributed by atoms with van der Waals surface area (Å²) >= 11 is 16.3. The van der Waals surface area contributed by atoms with Gasteiger partial charge < -0.3 is 20.0 Å². The van der Waals surface area contributed by atoms with E-state index in [-0.39, 0.29) is 12.4 Å². The van der Waals surface area contributed by atoms with E-state index in [0.29, 0.717) is 0 Å². The smallest absolute Gasteiger partial charge is 0.419 e. The van der Waals surface area contributed by atoms with Gasteiger partial charge in [-0.2, -0.15) is 4.79 Å². The Morgan fingerprint density at radius 2 is 2.19 bits per heavy atom. The molecule has 1 N–H and O–H groups in total. The van der Waals surface area contributed by atoms with Gasteiger partial charge in [0.05, 0.1) is 12.9 Å². The van der Waals surface area contributed by atoms with Gasteiger partial charge in [0.1, 0.15) is 5.76 Å². The van der Waals surface area contributed by atoms with Gasteiger partial charge in [0.2, 0.25) is 0 Å². The maximum Gasteiger partial charge on any atom is 0.419 e. The van der Waals surface area contributed by atoms with Crippen LogP contribution < -0.4 is 5.32 Å². The van der Waals surface area contributed by atoms with Crippen LogP contribution in [0.2, 0.25) is 0 Å². The molecule has 21 heavy (non-hydrogen) atoms. The van der Waals surface area contributed by atoms with Crippen LogP contribution in [0, 0.1) is 0 Å². The van der Waals surface area contributed by atoms with E-state index in [0.717, 1.165) is 0 Å². The van der Waals surface area contributed by atoms with Crippen LogP contribution in [0.5, 0.6) is 0 Å². The summed E-state index contributed by atoms with van der Waals surface area (Å²) in [7, 11) is 0. The van der Waals surface area contributed by atoms with Crippen molar-refractivity contribution >= 4 is 52.4 Å². The molecule has 0 saturated carbocycles. The van der Waals surface area contributed by atoms with Gasteiger partial charge in [-0.25, -0.2) is 4.79 Å². The van der Waals surface area contributed by atoms with E-state index in [1.54, 1.807) is 6.92 Å². The molecular weight excluding hydrogens is 344 g/mol. The molecule has 1 heterocycles. The number of hydrogen-bond donors (Lipinski definition) is 1. The third-order valence-electron chi connectivity index (χ3n) is 2.23. The van der Waals surface area contributed by atoms with E-state index in [2.05, 4.69) is 10.1 Å². The predicted octanol–water partition coefficient (Wildman–Crippen LogP) is 2.04. The fourth-order valence-electron chi connectivity index (χ4n) is 1.36. The summed E-state index contributed by atoms with van der Waals surface area (Å²) in [6, 6.07) is 1.67. The number of nitrogens with one attached hydrogen (secondary N) is 1. The minimum Gasteiger partial charge on any atom is -0.466 e. The van der Waals surface area contributed by atoms with Crippen LogP contribution in [0.1, 0.15) is 18.7 Å². The normalized spacial score (nSPS) is 12.2. The van der Waals surface area contributed by atoms with Crippen molar-refractivity contribution in [2.75, 3.05) is 6.61 Å². The van der Waals surface area contributed by atoms with Crippen molar-refractivity contribution in [2.24, 2.45) is 0 Å². The second-order valence-electron chi connectivity index (χ2n) is 3.63. The van der Waals surface area contributed by atoms with Gasteiger partial charge >= 0.3 is 11.7 Å². The van der Waals surface area contributed by atoms with Gasteiger partial charge in [-0.3, -0.25) is 4.79 Å². The lowest BCUT2D eigenvalue weighted by atomic mass is 10.1. The van der Waals surface area contributed by atoms with Crippen LogP contribution in [0.15, 0.2) is 22.8 Å². The molecule has 0 radical (unpaired) electrons. The summed E-state index contributed by atoms with van der Waals surface area (Å²) in [5, 5.41) is 2.23. The van der Waals surface area contributed by atoms with E-state index in [4.69, 9.17) is 49.5 Å². The largest absolute Gasteiger partial charge is 0.466 e. The molecule has 114 valence electrons. The molecule has 1 aromatic heterocycles. The quantitative estimate of drug-likeness (QED) is 0.287. The first-order valence-corrected chi connectivity index (χ1v) is 6.74. The van der Waals surface area contributed by atoms with Crippen molar-refractivity contribution in [3.63, 3.8) is 0 Å². The average Bonchev–Trinajstić information content (AvgIpc) is 2.91. The monoisotopic (exact) mass is 353 g/mol. The van der Waals surface area contributed by atoms with E-state index in [9.17, 15) is 9.59 Å². The van der Waals surface area contributed by atoms with Crippen LogP contribution in [0.3, 0.4) is 0 Å². The van der Waals surface area contributed by atoms with Gasteiger partial charge in [-0.15, -0.1) is 0 Å². The van der Waals surface area contributed by atoms with Crippen molar-refractivity contribution in [1.82, 2.24) is 5.32 Å². The number of halogens is 3. The van der Waals surface area contributed by atoms with E-state index in [1.165, 1.54) is 18.4 Å². The summed E-state index contributed by atoms with van der Waals surface area (Å²) in [4.78, 5) is 26.3. The summed E-state index contributed by atoms with van der Waals surface area (Å²) in [6.07, 6.45) is 1.30. The minimum atomic E-state index is -2.26. The van der Waals surface area contributed by atoms with E-state index < -0.39 is 27.4 Å². The zero-order valence-corrected chi connectivity index (χ0v) is 12.9. The third kappa shape index (κ3) is 4.75. The molecule has 0 aliphatic rings. The Hall–Kier alpha value is -1.53. The van der Waals surface area contributed by atoms with Crippen LogP contribution in [0.25, 0.3) is 5.53 Å². The Bertz CT molecular complexity index is 562. The SMILES string of the molecule is CCOC(=O)C(=[N+]=[N-])[C@@H](NC(=O)C(Cl)(Cl)Cl)c1ccco1. The molecule has 10 heteroatoms. The standard InChI is InChI=1S/C11H10Cl3N3O4/c1-2-20-9(18)8(17-15)7(6-4-3-5-21-6)16-10(19)11(12,13)14/h3-5,7H,2H2,1H3,(H,16,19)/t7-/m0/s1. The Morgan fingerprint density at radius 1 is 1.52 bits per heavy atom. The lowest BCUT2D eigenvalue weighted by molar-refractivity contribution is -0.140. The second-order valence-corrected chi connectivity index (χ2v) is 5.91. The molecular formula is C11H10Cl3N3O4. The summed E-state index contributed by atoms with van der Waals surface area (Å²) in [6.45, 7) is 1.61. The highest BCUT2D eigenvalue weighted by Gasteiger charge is 2.41. The van der Waals surface area contributed by atoms with Crippen LogP contribution >= 0.6 is 34.8 Å². The molecule has 0 aliphatic heterocycles. The summed E-state index contributed by atoms with van der Waals surface area (Å²) < 4.78 is 7.53. The molecule has 0 aromatic carbocycles. The number of amides is 1. The molecule has 1 amide bonds. The molecule has 0 unspecified atom stereocenters. The molecule has 1 atom stereocenters. The molecule has 0 bridgehead atoms. The number of ether oxygens (including phenoxy) is 1. The highest BCUT2D eigenvalue weighted by Crippen LogP contribution is 2.27. The molecule has 7 nitrogen and oxygen atoms in total. The topological polar surface area (TPSA) is 105 Å². The van der Waals surface area contributed by atoms with Crippen molar-refractivity contribution in [3.05, 3.63) is 29.7 Å². The number of alkyl halides is 3. The highest BCUT2D eigenvalue weighted by atomic mass is 35.6. The summed E-state index contributed by atoms with van der Waals surface area (Å²) in [5.41, 5.74) is 8.48. The van der Waals surface area contributed by atoms with Gasteiger partial charge in [0, 0.05) is 0 Å². The molecule has 1 aromatic rings. The first kappa shape index (κ1) is 17.5. The fraction of sp³-hybridized carbons (Fsp3) is 0.364. The Balaban J connectivity index is 3.12. The van der Waals surface area contributed by atoms with Crippen molar-refractivity contribution < 1.29 is 23.5 Å². The molecule has 0 fully saturated rings. The molecule has 0 aliphatic carbocycles. The molecule has 0 spiro atoms. The Kier molecular flexibility index (Phi) is 6.23. The highest BCUT2D eigenvalue weighted by molar-refractivity contribution is 6.76. The number of rotatable bonds is 5. The number of carbonyl (C=O) groups is 2. The first-order valence-electron chi connectivity index (χ1n) is 5.61. The molecule has 1 rings (SSSR count). The maximum atomic E-state index is 11.7. The molecule has 0 saturated heterocycles. The number of nitrogens with zero attached hydrogens (tertiary/aromatic N) is 2. The lowest BCUT2D eigenvalue weighted by Gasteiger charge is -2.16. The van der Waals surface area contributed by atoms with Crippen molar-refractivity contribution in [3.8, 4) is 0 Å². The zero-order chi connectivity index (χ0) is 16.0. The summed E-state index contributed by atoms with van der Waals surface area (Å²) in [5.74, 6) is -1.89. The second kappa shape index (κ2) is 7.47. The van der Waals surface area contributed by atoms with Gasteiger partial charge in [0.25, 0.3) is 9.70 Å². The Labute approximate surface area is 134 Å². The van der Waals surface area contributed by atoms with Crippen molar-refractivity contribution in [1.29, 1.82) is 0 Å². The third-order valence-corrected chi connectivity index (χ3v) is 2.74.